The van der Waals surface area contributed by atoms with Crippen molar-refractivity contribution in [3.63, 3.8) is 0 Å². The average Bonchev–Trinajstić information content (AvgIpc) is 2.14. The van der Waals surface area contributed by atoms with Crippen LogP contribution in [0.25, 0.3) is 0 Å². The van der Waals surface area contributed by atoms with Crippen LogP contribution in [0.15, 0.2) is 4.42 Å². The van der Waals surface area contributed by atoms with Gasteiger partial charge in [-0.05, 0) is 0 Å². The molecule has 0 saturated heterocycles. The summed E-state index contributed by atoms with van der Waals surface area (Å²) in [5.74, 6) is -1.77. The van der Waals surface area contributed by atoms with Gasteiger partial charge in [0.2, 0.25) is 0 Å². The molecule has 0 aliphatic rings. The van der Waals surface area contributed by atoms with Gasteiger partial charge in [0.1, 0.15) is 0 Å². The molecule has 1 aromatic heterocycles. The predicted octanol–water partition coefficient (Wildman–Crippen LogP) is -1.30. The molecule has 10 heavy (non-hydrogen) atoms. The minimum absolute atomic E-state index is 0. The third-order valence-electron chi connectivity index (χ3n) is 0.624. The number of hydrogen-bond acceptors (Lipinski definition) is 5. The first-order valence-corrected chi connectivity index (χ1v) is 2.02. The molecule has 0 amide bonds. The number of hydrogen-bond donors (Lipinski definition) is 2. The van der Waals surface area contributed by atoms with Gasteiger partial charge < -0.3 is 15.3 Å². The maximum atomic E-state index is 9.96. The molecule has 0 aliphatic carbocycles. The first-order chi connectivity index (χ1) is 4.20. The summed E-state index contributed by atoms with van der Waals surface area (Å²) in [5, 5.41) is 14.3. The molecule has 0 saturated carbocycles. The number of carbonyl (C=O) groups is 1. The van der Waals surface area contributed by atoms with Crippen LogP contribution >= 0.6 is 0 Å². The van der Waals surface area contributed by atoms with E-state index in [1.807, 2.05) is 0 Å². The number of aromatic carboxylic acids is 1. The van der Waals surface area contributed by atoms with Gasteiger partial charge in [-0.2, -0.15) is 0 Å². The zero-order valence-electron chi connectivity index (χ0n) is 4.24. The van der Waals surface area contributed by atoms with Crippen molar-refractivity contribution in [1.82, 2.24) is 10.2 Å². The van der Waals surface area contributed by atoms with Crippen molar-refractivity contribution < 1.29 is 14.3 Å². The Morgan fingerprint density at radius 2 is 2.20 bits per heavy atom. The van der Waals surface area contributed by atoms with Crippen LogP contribution in [0.5, 0.6) is 0 Å². The molecule has 0 unspecified atom stereocenters. The van der Waals surface area contributed by atoms with E-state index < -0.39 is 11.9 Å². The van der Waals surface area contributed by atoms with Crippen molar-refractivity contribution in [2.45, 2.75) is 0 Å². The SMILES string of the molecule is Nc1nnc(C(=O)O)o1.[NaH]. The van der Waals surface area contributed by atoms with Gasteiger partial charge >= 0.3 is 47.4 Å². The van der Waals surface area contributed by atoms with Gasteiger partial charge in [0.05, 0.1) is 0 Å². The average molecular weight is 153 g/mol. The molecule has 0 fully saturated rings. The molecule has 1 rings (SSSR count). The van der Waals surface area contributed by atoms with Crippen LogP contribution in [0.1, 0.15) is 10.7 Å². The zero-order chi connectivity index (χ0) is 6.85. The molecule has 0 aliphatic heterocycles. The Morgan fingerprint density at radius 3 is 2.40 bits per heavy atom. The van der Waals surface area contributed by atoms with Gasteiger partial charge in [0.15, 0.2) is 0 Å². The summed E-state index contributed by atoms with van der Waals surface area (Å²) in [6.07, 6.45) is 0. The van der Waals surface area contributed by atoms with Crippen LogP contribution in [0.3, 0.4) is 0 Å². The summed E-state index contributed by atoms with van der Waals surface area (Å²) in [5.41, 5.74) is 4.91. The molecule has 0 aromatic carbocycles. The van der Waals surface area contributed by atoms with Gasteiger partial charge in [0.25, 0.3) is 0 Å². The van der Waals surface area contributed by atoms with Crippen molar-refractivity contribution in [2.75, 3.05) is 5.73 Å². The third kappa shape index (κ3) is 1.98. The summed E-state index contributed by atoms with van der Waals surface area (Å²) in [4.78, 5) is 9.96. The Hall–Kier alpha value is -0.590. The molecular weight excluding hydrogens is 149 g/mol. The van der Waals surface area contributed by atoms with E-state index >= 15 is 0 Å². The van der Waals surface area contributed by atoms with Crippen LogP contribution in [-0.2, 0) is 0 Å². The fourth-order valence-electron chi connectivity index (χ4n) is 0.321. The molecule has 1 heterocycles. The van der Waals surface area contributed by atoms with Crippen molar-refractivity contribution >= 4 is 41.5 Å². The standard InChI is InChI=1S/C3H3N3O3.Na.H/c4-3-6-5-1(9-3)2(7)8;;/h(H2,4,6)(H,7,8);;. The summed E-state index contributed by atoms with van der Waals surface area (Å²) < 4.78 is 4.30. The van der Waals surface area contributed by atoms with E-state index in [0.29, 0.717) is 0 Å². The molecule has 0 bridgehead atoms. The Morgan fingerprint density at radius 1 is 1.60 bits per heavy atom. The van der Waals surface area contributed by atoms with Crippen molar-refractivity contribution in [3.8, 4) is 0 Å². The Kier molecular flexibility index (Phi) is 3.34. The number of carboxylic acid groups (broad SMARTS) is 1. The van der Waals surface area contributed by atoms with Crippen molar-refractivity contribution in [2.24, 2.45) is 0 Å². The first-order valence-electron chi connectivity index (χ1n) is 2.02. The fraction of sp³-hybridized carbons (Fsp3) is 0. The number of anilines is 1. The molecule has 0 atom stereocenters. The number of rotatable bonds is 1. The van der Waals surface area contributed by atoms with E-state index in [9.17, 15) is 4.79 Å². The van der Waals surface area contributed by atoms with E-state index in [4.69, 9.17) is 10.8 Å². The molecule has 50 valence electrons. The zero-order valence-corrected chi connectivity index (χ0v) is 4.24. The summed E-state index contributed by atoms with van der Waals surface area (Å²) >= 11 is 0. The second kappa shape index (κ2) is 3.55. The van der Waals surface area contributed by atoms with Crippen LogP contribution < -0.4 is 5.73 Å². The Labute approximate surface area is 77.7 Å². The van der Waals surface area contributed by atoms with E-state index in [1.54, 1.807) is 0 Å². The topological polar surface area (TPSA) is 102 Å². The fourth-order valence-corrected chi connectivity index (χ4v) is 0.321. The van der Waals surface area contributed by atoms with E-state index in [1.165, 1.54) is 0 Å². The van der Waals surface area contributed by atoms with Gasteiger partial charge in [-0.1, -0.05) is 10.2 Å². The van der Waals surface area contributed by atoms with Crippen molar-refractivity contribution in [1.29, 1.82) is 0 Å². The van der Waals surface area contributed by atoms with Crippen LogP contribution in [0.2, 0.25) is 0 Å². The van der Waals surface area contributed by atoms with Crippen LogP contribution in [-0.4, -0.2) is 50.8 Å². The summed E-state index contributed by atoms with van der Waals surface area (Å²) in [6.45, 7) is 0. The van der Waals surface area contributed by atoms with Crippen molar-refractivity contribution in [3.05, 3.63) is 5.89 Å². The second-order valence-electron chi connectivity index (χ2n) is 1.25. The Balaban J connectivity index is 0.000000810. The molecule has 6 nitrogen and oxygen atoms in total. The third-order valence-corrected chi connectivity index (χ3v) is 0.624. The maximum absolute atomic E-state index is 9.96. The number of aromatic nitrogens is 2. The van der Waals surface area contributed by atoms with Gasteiger partial charge in [0, 0.05) is 0 Å². The molecule has 0 spiro atoms. The number of nitrogens with zero attached hydrogens (tertiary/aromatic N) is 2. The van der Waals surface area contributed by atoms with Crippen LogP contribution in [0, 0.1) is 0 Å². The monoisotopic (exact) mass is 153 g/mol. The molecule has 0 radical (unpaired) electrons. The molecule has 7 heteroatoms. The minimum atomic E-state index is -1.28. The van der Waals surface area contributed by atoms with E-state index in [2.05, 4.69) is 14.6 Å². The second-order valence-corrected chi connectivity index (χ2v) is 1.25. The molecule has 3 N–H and O–H groups in total. The van der Waals surface area contributed by atoms with Crippen LogP contribution in [0.4, 0.5) is 6.01 Å². The number of carboxylic acids is 1. The van der Waals surface area contributed by atoms with Gasteiger partial charge in [-0.15, -0.1) is 0 Å². The summed E-state index contributed by atoms with van der Waals surface area (Å²) in [6, 6.07) is -0.243. The quantitative estimate of drug-likeness (QED) is 0.486. The summed E-state index contributed by atoms with van der Waals surface area (Å²) in [7, 11) is 0. The normalized spacial score (nSPS) is 8.40. The molecular formula is C3H4N3NaO3. The number of nitrogens with two attached hydrogens (primary N) is 1. The van der Waals surface area contributed by atoms with Gasteiger partial charge in [-0.25, -0.2) is 4.79 Å². The van der Waals surface area contributed by atoms with Gasteiger partial charge in [-0.3, -0.25) is 0 Å². The Bertz CT molecular complexity index is 235. The van der Waals surface area contributed by atoms with E-state index in [-0.39, 0.29) is 35.6 Å². The van der Waals surface area contributed by atoms with E-state index in [0.717, 1.165) is 0 Å². The predicted molar refractivity (Wildman–Crippen MR) is 32.8 cm³/mol. The number of nitrogen functional groups attached to an aromatic ring is 1. The first kappa shape index (κ1) is 9.41. The molecule has 1 aromatic rings.